The van der Waals surface area contributed by atoms with Crippen LogP contribution in [0.3, 0.4) is 0 Å². The summed E-state index contributed by atoms with van der Waals surface area (Å²) in [7, 11) is 1.94. The number of nitrogens with zero attached hydrogens (tertiary/aromatic N) is 3. The Balaban J connectivity index is 1.73. The van der Waals surface area contributed by atoms with Gasteiger partial charge in [0.15, 0.2) is 0 Å². The highest BCUT2D eigenvalue weighted by Crippen LogP contribution is 2.33. The minimum Gasteiger partial charge on any atom is -0.457 e. The molecule has 0 bridgehead atoms. The number of aromatic nitrogens is 3. The van der Waals surface area contributed by atoms with Crippen LogP contribution < -0.4 is 10.5 Å². The summed E-state index contributed by atoms with van der Waals surface area (Å²) in [5.74, 6) is 1.33. The molecule has 0 saturated carbocycles. The molecule has 0 atom stereocenters. The van der Waals surface area contributed by atoms with Gasteiger partial charge in [0.05, 0.1) is 28.2 Å². The van der Waals surface area contributed by atoms with Gasteiger partial charge in [-0.2, -0.15) is 0 Å². The molecule has 124 valence electrons. The fourth-order valence-electron chi connectivity index (χ4n) is 2.63. The molecule has 25 heavy (non-hydrogen) atoms. The molecule has 0 fully saturated rings. The third-order valence-corrected chi connectivity index (χ3v) is 4.23. The molecule has 0 amide bonds. The van der Waals surface area contributed by atoms with E-state index in [0.717, 1.165) is 22.2 Å². The Kier molecular flexibility index (Phi) is 3.78. The zero-order chi connectivity index (χ0) is 17.4. The van der Waals surface area contributed by atoms with Gasteiger partial charge in [0.1, 0.15) is 11.5 Å². The number of ether oxygens (including phenoxy) is 1. The number of benzene rings is 2. The number of aryl methyl sites for hydroxylation is 1. The molecule has 0 aliphatic rings. The van der Waals surface area contributed by atoms with E-state index in [9.17, 15) is 0 Å². The second kappa shape index (κ2) is 6.11. The normalized spacial score (nSPS) is 11.0. The third-order valence-electron chi connectivity index (χ3n) is 3.90. The lowest BCUT2D eigenvalue weighted by atomic mass is 10.1. The number of imidazole rings is 1. The van der Waals surface area contributed by atoms with Crippen molar-refractivity contribution in [3.8, 4) is 22.8 Å². The summed E-state index contributed by atoms with van der Waals surface area (Å²) in [4.78, 5) is 8.83. The molecule has 0 saturated heterocycles. The summed E-state index contributed by atoms with van der Waals surface area (Å²) in [5.41, 5.74) is 9.01. The molecule has 2 N–H and O–H groups in total. The molecule has 0 aliphatic carbocycles. The van der Waals surface area contributed by atoms with Crippen molar-refractivity contribution in [3.63, 3.8) is 0 Å². The zero-order valence-corrected chi connectivity index (χ0v) is 14.2. The summed E-state index contributed by atoms with van der Waals surface area (Å²) in [6, 6.07) is 13.0. The highest BCUT2D eigenvalue weighted by molar-refractivity contribution is 6.33. The molecule has 2 heterocycles. The highest BCUT2D eigenvalue weighted by atomic mass is 35.5. The van der Waals surface area contributed by atoms with Gasteiger partial charge in [0.25, 0.3) is 0 Å². The first-order valence-corrected chi connectivity index (χ1v) is 8.08. The van der Waals surface area contributed by atoms with E-state index in [1.54, 1.807) is 30.7 Å². The fourth-order valence-corrected chi connectivity index (χ4v) is 2.80. The summed E-state index contributed by atoms with van der Waals surface area (Å²) >= 11 is 6.06. The average molecular weight is 351 g/mol. The monoisotopic (exact) mass is 350 g/mol. The second-order valence-corrected chi connectivity index (χ2v) is 6.16. The Morgan fingerprint density at radius 2 is 1.96 bits per heavy atom. The number of nitrogen functional groups attached to an aromatic ring is 1. The van der Waals surface area contributed by atoms with Gasteiger partial charge < -0.3 is 15.0 Å². The Morgan fingerprint density at radius 1 is 1.08 bits per heavy atom. The van der Waals surface area contributed by atoms with Crippen LogP contribution in [0.5, 0.6) is 11.5 Å². The third kappa shape index (κ3) is 3.02. The van der Waals surface area contributed by atoms with Crippen molar-refractivity contribution in [1.29, 1.82) is 0 Å². The number of hydrogen-bond donors (Lipinski definition) is 1. The first-order valence-electron chi connectivity index (χ1n) is 7.70. The van der Waals surface area contributed by atoms with E-state index in [2.05, 4.69) is 9.97 Å². The minimum absolute atomic E-state index is 0.466. The van der Waals surface area contributed by atoms with Gasteiger partial charge in [-0.3, -0.25) is 4.98 Å². The van der Waals surface area contributed by atoms with E-state index in [-0.39, 0.29) is 0 Å². The Morgan fingerprint density at radius 3 is 2.72 bits per heavy atom. The van der Waals surface area contributed by atoms with Crippen molar-refractivity contribution < 1.29 is 4.74 Å². The van der Waals surface area contributed by atoms with Gasteiger partial charge >= 0.3 is 0 Å². The number of fused-ring (bicyclic) bond motifs is 1. The quantitative estimate of drug-likeness (QED) is 0.545. The molecule has 6 heteroatoms. The smallest absolute Gasteiger partial charge is 0.138 e. The summed E-state index contributed by atoms with van der Waals surface area (Å²) in [6.07, 6.45) is 5.47. The summed E-state index contributed by atoms with van der Waals surface area (Å²) in [6.45, 7) is 0. The maximum absolute atomic E-state index is 6.06. The maximum atomic E-state index is 6.06. The first kappa shape index (κ1) is 15.5. The molecule has 0 radical (unpaired) electrons. The van der Waals surface area contributed by atoms with Crippen LogP contribution in [0.1, 0.15) is 0 Å². The van der Waals surface area contributed by atoms with Gasteiger partial charge in [-0.15, -0.1) is 0 Å². The zero-order valence-electron chi connectivity index (χ0n) is 13.5. The Hall–Kier alpha value is -3.05. The molecule has 0 aliphatic heterocycles. The molecule has 0 unspecified atom stereocenters. The SMILES string of the molecule is Cn1cnc(-c2ccc3c(Oc4ccc(N)c(Cl)c4)ccnc3c2)c1. The van der Waals surface area contributed by atoms with E-state index in [1.165, 1.54) is 0 Å². The van der Waals surface area contributed by atoms with Crippen LogP contribution in [0.2, 0.25) is 5.02 Å². The Bertz CT molecular complexity index is 1070. The van der Waals surface area contributed by atoms with E-state index in [1.807, 2.05) is 42.1 Å². The van der Waals surface area contributed by atoms with Crippen LogP contribution in [0.15, 0.2) is 61.2 Å². The second-order valence-electron chi connectivity index (χ2n) is 5.75. The summed E-state index contributed by atoms with van der Waals surface area (Å²) in [5, 5.41) is 1.38. The van der Waals surface area contributed by atoms with Crippen molar-refractivity contribution in [3.05, 3.63) is 66.2 Å². The van der Waals surface area contributed by atoms with Crippen LogP contribution in [0.25, 0.3) is 22.2 Å². The van der Waals surface area contributed by atoms with Crippen LogP contribution in [-0.2, 0) is 7.05 Å². The van der Waals surface area contributed by atoms with Crippen molar-refractivity contribution in [2.24, 2.45) is 7.05 Å². The summed E-state index contributed by atoms with van der Waals surface area (Å²) < 4.78 is 7.89. The molecule has 2 aromatic carbocycles. The van der Waals surface area contributed by atoms with Crippen LogP contribution in [-0.4, -0.2) is 14.5 Å². The standard InChI is InChI=1S/C19H15ClN4O/c1-24-10-18(23-11-24)12-2-4-14-17(8-12)22-7-6-19(14)25-13-3-5-16(21)15(20)9-13/h2-11H,21H2,1H3. The largest absolute Gasteiger partial charge is 0.457 e. The van der Waals surface area contributed by atoms with Crippen molar-refractivity contribution in [2.75, 3.05) is 5.73 Å². The van der Waals surface area contributed by atoms with Gasteiger partial charge in [0, 0.05) is 36.5 Å². The van der Waals surface area contributed by atoms with Gasteiger partial charge in [0.2, 0.25) is 0 Å². The number of rotatable bonds is 3. The van der Waals surface area contributed by atoms with Gasteiger partial charge in [-0.25, -0.2) is 4.98 Å². The minimum atomic E-state index is 0.466. The molecule has 2 aromatic heterocycles. The van der Waals surface area contributed by atoms with Gasteiger partial charge in [-0.05, 0) is 30.3 Å². The topological polar surface area (TPSA) is 66.0 Å². The van der Waals surface area contributed by atoms with E-state index in [4.69, 9.17) is 22.1 Å². The van der Waals surface area contributed by atoms with Gasteiger partial charge in [-0.1, -0.05) is 17.7 Å². The molecular weight excluding hydrogens is 336 g/mol. The number of anilines is 1. The Labute approximate surface area is 149 Å². The predicted molar refractivity (Wildman–Crippen MR) is 99.9 cm³/mol. The molecule has 5 nitrogen and oxygen atoms in total. The number of pyridine rings is 1. The predicted octanol–water partition coefficient (Wildman–Crippen LogP) is 4.66. The lowest BCUT2D eigenvalue weighted by Crippen LogP contribution is -1.90. The first-order chi connectivity index (χ1) is 12.1. The van der Waals surface area contributed by atoms with Crippen LogP contribution in [0, 0.1) is 0 Å². The van der Waals surface area contributed by atoms with E-state index in [0.29, 0.717) is 22.2 Å². The lowest BCUT2D eigenvalue weighted by Gasteiger charge is -2.10. The van der Waals surface area contributed by atoms with Crippen LogP contribution >= 0.6 is 11.6 Å². The number of halogens is 1. The van der Waals surface area contributed by atoms with Crippen LogP contribution in [0.4, 0.5) is 5.69 Å². The maximum Gasteiger partial charge on any atom is 0.138 e. The average Bonchev–Trinajstić information content (AvgIpc) is 3.04. The molecule has 0 spiro atoms. The molecule has 4 aromatic rings. The highest BCUT2D eigenvalue weighted by Gasteiger charge is 2.09. The molecule has 4 rings (SSSR count). The number of hydrogen-bond acceptors (Lipinski definition) is 4. The number of nitrogens with two attached hydrogens (primary N) is 1. The van der Waals surface area contributed by atoms with Crippen molar-refractivity contribution >= 4 is 28.2 Å². The van der Waals surface area contributed by atoms with Crippen molar-refractivity contribution in [2.45, 2.75) is 0 Å². The van der Waals surface area contributed by atoms with Crippen molar-refractivity contribution in [1.82, 2.24) is 14.5 Å². The lowest BCUT2D eigenvalue weighted by molar-refractivity contribution is 0.488. The fraction of sp³-hybridized carbons (Fsp3) is 0.0526. The van der Waals surface area contributed by atoms with E-state index >= 15 is 0 Å². The molecular formula is C19H15ClN4O. The van der Waals surface area contributed by atoms with E-state index < -0.39 is 0 Å².